The highest BCUT2D eigenvalue weighted by molar-refractivity contribution is 5.96. The van der Waals surface area contributed by atoms with Crippen LogP contribution in [0.3, 0.4) is 0 Å². The number of hydrogen-bond donors (Lipinski definition) is 1. The second kappa shape index (κ2) is 4.84. The van der Waals surface area contributed by atoms with Gasteiger partial charge in [0.2, 0.25) is 0 Å². The number of carbonyl (C=O) groups is 1. The number of imidazole rings is 1. The summed E-state index contributed by atoms with van der Waals surface area (Å²) in [5, 5.41) is 3.43. The van der Waals surface area contributed by atoms with Crippen LogP contribution in [0.1, 0.15) is 40.6 Å². The molecular formula is C16H20N4O. The highest BCUT2D eigenvalue weighted by atomic mass is 16.1. The van der Waals surface area contributed by atoms with Crippen molar-refractivity contribution in [2.75, 3.05) is 13.1 Å². The molecular weight excluding hydrogens is 264 g/mol. The van der Waals surface area contributed by atoms with Gasteiger partial charge in [-0.15, -0.1) is 0 Å². The maximum Gasteiger partial charge on any atom is 0.199 e. The monoisotopic (exact) mass is 284 g/mol. The lowest BCUT2D eigenvalue weighted by molar-refractivity contribution is 0.0965. The zero-order valence-electron chi connectivity index (χ0n) is 12.2. The molecule has 1 saturated heterocycles. The molecule has 0 aromatic carbocycles. The molecule has 21 heavy (non-hydrogen) atoms. The molecule has 4 heterocycles. The molecule has 2 aromatic heterocycles. The number of nitrogens with zero attached hydrogens (tertiary/aromatic N) is 3. The summed E-state index contributed by atoms with van der Waals surface area (Å²) in [6.45, 7) is 2.51. The van der Waals surface area contributed by atoms with Gasteiger partial charge in [-0.1, -0.05) is 0 Å². The van der Waals surface area contributed by atoms with E-state index in [2.05, 4.69) is 16.4 Å². The normalized spacial score (nSPS) is 22.7. The molecule has 2 aliphatic heterocycles. The predicted octanol–water partition coefficient (Wildman–Crippen LogP) is 1.55. The van der Waals surface area contributed by atoms with Gasteiger partial charge in [-0.25, -0.2) is 4.98 Å². The number of Topliss-reactive ketones (excluding diaryl/α,β-unsaturated/α-hetero) is 1. The van der Waals surface area contributed by atoms with E-state index in [1.165, 1.54) is 5.56 Å². The molecule has 2 aliphatic rings. The van der Waals surface area contributed by atoms with Gasteiger partial charge in [0.05, 0.1) is 12.2 Å². The molecule has 0 bridgehead atoms. The molecule has 2 aromatic rings. The summed E-state index contributed by atoms with van der Waals surface area (Å²) >= 11 is 0. The van der Waals surface area contributed by atoms with Gasteiger partial charge in [-0.05, 0) is 43.5 Å². The van der Waals surface area contributed by atoms with E-state index in [1.807, 2.05) is 34.8 Å². The first-order chi connectivity index (χ1) is 10.3. The lowest BCUT2D eigenvalue weighted by Crippen LogP contribution is -2.32. The summed E-state index contributed by atoms with van der Waals surface area (Å²) < 4.78 is 4.01. The fraction of sp³-hybridized carbons (Fsp3) is 0.500. The number of carbonyl (C=O) groups excluding carboxylic acids is 1. The molecule has 1 N–H and O–H groups in total. The SMILES string of the molecule is Cn1ccc2c1C(=O)Cn1ccnc1C2C1CCNCC1. The van der Waals surface area contributed by atoms with Gasteiger partial charge in [0.15, 0.2) is 5.78 Å². The van der Waals surface area contributed by atoms with Crippen LogP contribution >= 0.6 is 0 Å². The van der Waals surface area contributed by atoms with Crippen LogP contribution in [0, 0.1) is 5.92 Å². The Morgan fingerprint density at radius 2 is 2.10 bits per heavy atom. The average Bonchev–Trinajstić information content (AvgIpc) is 3.06. The number of ketones is 1. The minimum atomic E-state index is 0.188. The molecule has 5 nitrogen and oxygen atoms in total. The highest BCUT2D eigenvalue weighted by Gasteiger charge is 2.36. The molecule has 0 saturated carbocycles. The van der Waals surface area contributed by atoms with Crippen LogP contribution in [0.4, 0.5) is 0 Å². The summed E-state index contributed by atoms with van der Waals surface area (Å²) in [6.07, 6.45) is 8.05. The van der Waals surface area contributed by atoms with Gasteiger partial charge >= 0.3 is 0 Å². The van der Waals surface area contributed by atoms with E-state index in [1.54, 1.807) is 0 Å². The average molecular weight is 284 g/mol. The van der Waals surface area contributed by atoms with Crippen LogP contribution in [0.5, 0.6) is 0 Å². The van der Waals surface area contributed by atoms with Crippen molar-refractivity contribution in [2.24, 2.45) is 13.0 Å². The summed E-state index contributed by atoms with van der Waals surface area (Å²) in [7, 11) is 1.96. The van der Waals surface area contributed by atoms with E-state index in [9.17, 15) is 4.79 Å². The third-order valence-corrected chi connectivity index (χ3v) is 4.90. The van der Waals surface area contributed by atoms with Gasteiger partial charge in [0.1, 0.15) is 5.82 Å². The standard InChI is InChI=1S/C16H20N4O/c1-19-8-4-12-14(11-2-5-17-6-3-11)16-18-7-9-20(16)10-13(21)15(12)19/h4,7-9,11,14,17H,2-3,5-6,10H2,1H3. The van der Waals surface area contributed by atoms with Gasteiger partial charge in [-0.3, -0.25) is 4.79 Å². The molecule has 110 valence electrons. The number of hydrogen-bond acceptors (Lipinski definition) is 3. The zero-order chi connectivity index (χ0) is 14.4. The maximum atomic E-state index is 12.6. The number of aryl methyl sites for hydroxylation is 1. The fourth-order valence-electron chi connectivity index (χ4n) is 3.90. The molecule has 5 heteroatoms. The molecule has 0 aliphatic carbocycles. The largest absolute Gasteiger partial charge is 0.348 e. The van der Waals surface area contributed by atoms with Gasteiger partial charge in [-0.2, -0.15) is 0 Å². The van der Waals surface area contributed by atoms with E-state index in [0.717, 1.165) is 37.4 Å². The maximum absolute atomic E-state index is 12.6. The number of piperidine rings is 1. The van der Waals surface area contributed by atoms with Crippen LogP contribution in [0.15, 0.2) is 24.7 Å². The lowest BCUT2D eigenvalue weighted by Gasteiger charge is -2.30. The molecule has 1 atom stereocenters. The molecule has 1 unspecified atom stereocenters. The van der Waals surface area contributed by atoms with Crippen molar-refractivity contribution in [2.45, 2.75) is 25.3 Å². The van der Waals surface area contributed by atoms with Crippen molar-refractivity contribution in [3.8, 4) is 0 Å². The lowest BCUT2D eigenvalue weighted by atomic mass is 9.80. The molecule has 4 rings (SSSR count). The summed E-state index contributed by atoms with van der Waals surface area (Å²) in [6, 6.07) is 2.12. The second-order valence-corrected chi connectivity index (χ2v) is 6.13. The van der Waals surface area contributed by atoms with E-state index < -0.39 is 0 Å². The summed E-state index contributed by atoms with van der Waals surface area (Å²) in [5.74, 6) is 2.04. The minimum Gasteiger partial charge on any atom is -0.348 e. The Morgan fingerprint density at radius 1 is 1.29 bits per heavy atom. The fourth-order valence-corrected chi connectivity index (χ4v) is 3.90. The van der Waals surface area contributed by atoms with Crippen LogP contribution in [-0.2, 0) is 13.6 Å². The third kappa shape index (κ3) is 1.95. The van der Waals surface area contributed by atoms with Crippen LogP contribution in [0.2, 0.25) is 0 Å². The van der Waals surface area contributed by atoms with Crippen molar-refractivity contribution in [3.05, 3.63) is 41.7 Å². The number of rotatable bonds is 1. The summed E-state index contributed by atoms with van der Waals surface area (Å²) in [5.41, 5.74) is 2.03. The van der Waals surface area contributed by atoms with Crippen molar-refractivity contribution in [3.63, 3.8) is 0 Å². The number of nitrogens with one attached hydrogen (secondary N) is 1. The minimum absolute atomic E-state index is 0.188. The van der Waals surface area contributed by atoms with E-state index >= 15 is 0 Å². The Balaban J connectivity index is 1.88. The molecule has 1 fully saturated rings. The zero-order valence-corrected chi connectivity index (χ0v) is 12.2. The van der Waals surface area contributed by atoms with Crippen molar-refractivity contribution in [1.82, 2.24) is 19.4 Å². The predicted molar refractivity (Wildman–Crippen MR) is 79.4 cm³/mol. The first-order valence-corrected chi connectivity index (χ1v) is 7.66. The summed E-state index contributed by atoms with van der Waals surface area (Å²) in [4.78, 5) is 17.2. The van der Waals surface area contributed by atoms with E-state index in [-0.39, 0.29) is 11.7 Å². The molecule has 0 spiro atoms. The molecule has 0 amide bonds. The Morgan fingerprint density at radius 3 is 2.90 bits per heavy atom. The topological polar surface area (TPSA) is 51.9 Å². The van der Waals surface area contributed by atoms with Crippen molar-refractivity contribution in [1.29, 1.82) is 0 Å². The Kier molecular flexibility index (Phi) is 2.96. The number of fused-ring (bicyclic) bond motifs is 2. The Labute approximate surface area is 124 Å². The van der Waals surface area contributed by atoms with E-state index in [4.69, 9.17) is 0 Å². The molecule has 0 radical (unpaired) electrons. The first kappa shape index (κ1) is 12.8. The number of aromatic nitrogens is 3. The highest BCUT2D eigenvalue weighted by Crippen LogP contribution is 2.39. The van der Waals surface area contributed by atoms with Crippen LogP contribution in [0.25, 0.3) is 0 Å². The second-order valence-electron chi connectivity index (χ2n) is 6.13. The first-order valence-electron chi connectivity index (χ1n) is 7.66. The van der Waals surface area contributed by atoms with Gasteiger partial charge in [0.25, 0.3) is 0 Å². The van der Waals surface area contributed by atoms with Gasteiger partial charge < -0.3 is 14.5 Å². The van der Waals surface area contributed by atoms with Crippen molar-refractivity contribution >= 4 is 5.78 Å². The smallest absolute Gasteiger partial charge is 0.199 e. The van der Waals surface area contributed by atoms with Crippen molar-refractivity contribution < 1.29 is 4.79 Å². The van der Waals surface area contributed by atoms with Gasteiger partial charge in [0, 0.05) is 31.6 Å². The third-order valence-electron chi connectivity index (χ3n) is 4.90. The Hall–Kier alpha value is -1.88. The van der Waals surface area contributed by atoms with Crippen LogP contribution in [-0.4, -0.2) is 33.0 Å². The Bertz CT molecular complexity index is 678. The quantitative estimate of drug-likeness (QED) is 0.864. The van der Waals surface area contributed by atoms with Crippen LogP contribution < -0.4 is 5.32 Å². The van der Waals surface area contributed by atoms with E-state index in [0.29, 0.717) is 12.5 Å².